The van der Waals surface area contributed by atoms with Crippen LogP contribution >= 0.6 is 12.4 Å². The van der Waals surface area contributed by atoms with E-state index in [1.54, 1.807) is 12.1 Å². The third-order valence-electron chi connectivity index (χ3n) is 4.31. The zero-order chi connectivity index (χ0) is 20.0. The summed E-state index contributed by atoms with van der Waals surface area (Å²) in [6.07, 6.45) is 0. The molecule has 1 amide bonds. The van der Waals surface area contributed by atoms with Crippen molar-refractivity contribution in [3.05, 3.63) is 59.2 Å². The van der Waals surface area contributed by atoms with Crippen LogP contribution in [0.1, 0.15) is 35.3 Å². The molecule has 0 spiro atoms. The molecule has 1 atom stereocenters. The number of sulfonamides is 1. The first kappa shape index (κ1) is 23.9. The van der Waals surface area contributed by atoms with Crippen molar-refractivity contribution in [1.82, 2.24) is 10.6 Å². The van der Waals surface area contributed by atoms with Crippen molar-refractivity contribution < 1.29 is 13.2 Å². The van der Waals surface area contributed by atoms with E-state index in [1.165, 1.54) is 24.3 Å². The van der Waals surface area contributed by atoms with Gasteiger partial charge in [0, 0.05) is 23.8 Å². The Labute approximate surface area is 173 Å². The molecule has 0 radical (unpaired) electrons. The molecule has 0 bridgehead atoms. The molecular formula is C20H28ClN3O3S. The van der Waals surface area contributed by atoms with E-state index in [1.807, 2.05) is 33.8 Å². The Bertz CT molecular complexity index is 899. The van der Waals surface area contributed by atoms with Gasteiger partial charge < -0.3 is 10.6 Å². The van der Waals surface area contributed by atoms with Crippen LogP contribution in [0.25, 0.3) is 0 Å². The lowest BCUT2D eigenvalue weighted by Gasteiger charge is -2.13. The van der Waals surface area contributed by atoms with E-state index in [0.29, 0.717) is 17.8 Å². The van der Waals surface area contributed by atoms with Crippen LogP contribution in [0.15, 0.2) is 47.4 Å². The minimum Gasteiger partial charge on any atom is -0.350 e. The monoisotopic (exact) mass is 425 g/mol. The molecule has 6 nitrogen and oxygen atoms in total. The Kier molecular flexibility index (Phi) is 8.94. The Balaban J connectivity index is 0.00000392. The van der Waals surface area contributed by atoms with Gasteiger partial charge in [0.2, 0.25) is 0 Å². The molecule has 0 unspecified atom stereocenters. The number of likely N-dealkylation sites (N-methyl/N-ethyl adjacent to an activating group) is 1. The maximum absolute atomic E-state index is 12.5. The smallest absolute Gasteiger partial charge is 0.261 e. The molecule has 0 saturated carbocycles. The number of benzene rings is 2. The second kappa shape index (κ2) is 10.5. The van der Waals surface area contributed by atoms with E-state index in [-0.39, 0.29) is 29.3 Å². The van der Waals surface area contributed by atoms with E-state index >= 15 is 0 Å². The number of anilines is 1. The number of hydrogen-bond acceptors (Lipinski definition) is 4. The number of halogens is 1. The molecule has 2 rings (SSSR count). The van der Waals surface area contributed by atoms with Gasteiger partial charge in [0.05, 0.1) is 4.90 Å². The Morgan fingerprint density at radius 1 is 1.04 bits per heavy atom. The number of aryl methyl sites for hydroxylation is 2. The lowest BCUT2D eigenvalue weighted by Crippen LogP contribution is -2.38. The van der Waals surface area contributed by atoms with Crippen molar-refractivity contribution in [3.63, 3.8) is 0 Å². The first-order chi connectivity index (χ1) is 12.7. The number of carbonyl (C=O) groups is 1. The van der Waals surface area contributed by atoms with Gasteiger partial charge in [0.1, 0.15) is 0 Å². The maximum Gasteiger partial charge on any atom is 0.261 e. The van der Waals surface area contributed by atoms with Crippen LogP contribution in [0.2, 0.25) is 0 Å². The van der Waals surface area contributed by atoms with Crippen LogP contribution in [-0.2, 0) is 10.0 Å². The molecule has 8 heteroatoms. The average molecular weight is 426 g/mol. The van der Waals surface area contributed by atoms with Gasteiger partial charge in [0.25, 0.3) is 15.9 Å². The molecule has 0 fully saturated rings. The van der Waals surface area contributed by atoms with E-state index < -0.39 is 10.0 Å². The number of amides is 1. The summed E-state index contributed by atoms with van der Waals surface area (Å²) in [7, 11) is -3.71. The molecular weight excluding hydrogens is 398 g/mol. The van der Waals surface area contributed by atoms with Crippen molar-refractivity contribution in [1.29, 1.82) is 0 Å². The second-order valence-electron chi connectivity index (χ2n) is 6.60. The highest BCUT2D eigenvalue weighted by atomic mass is 35.5. The normalized spacial score (nSPS) is 12.0. The topological polar surface area (TPSA) is 87.3 Å². The SMILES string of the molecule is CCN[C@H](C)CNC(=O)c1ccc(S(=O)(=O)Nc2ccc(C)c(C)c2)cc1.Cl. The zero-order valence-corrected chi connectivity index (χ0v) is 18.2. The minimum absolute atomic E-state index is 0. The molecule has 2 aromatic carbocycles. The third-order valence-corrected chi connectivity index (χ3v) is 5.70. The molecule has 0 aliphatic carbocycles. The van der Waals surface area contributed by atoms with Crippen molar-refractivity contribution in [3.8, 4) is 0 Å². The van der Waals surface area contributed by atoms with Crippen LogP contribution in [0.4, 0.5) is 5.69 Å². The first-order valence-corrected chi connectivity index (χ1v) is 10.4. The molecule has 2 aromatic rings. The predicted molar refractivity (Wildman–Crippen MR) is 116 cm³/mol. The lowest BCUT2D eigenvalue weighted by atomic mass is 10.1. The summed E-state index contributed by atoms with van der Waals surface area (Å²) in [6.45, 7) is 9.22. The highest BCUT2D eigenvalue weighted by molar-refractivity contribution is 7.92. The van der Waals surface area contributed by atoms with Gasteiger partial charge in [-0.15, -0.1) is 12.4 Å². The van der Waals surface area contributed by atoms with E-state index in [2.05, 4.69) is 15.4 Å². The van der Waals surface area contributed by atoms with Crippen molar-refractivity contribution >= 4 is 34.0 Å². The molecule has 0 aromatic heterocycles. The summed E-state index contributed by atoms with van der Waals surface area (Å²) in [4.78, 5) is 12.3. The third kappa shape index (κ3) is 6.51. The summed E-state index contributed by atoms with van der Waals surface area (Å²) in [6, 6.07) is 11.5. The molecule has 0 heterocycles. The average Bonchev–Trinajstić information content (AvgIpc) is 2.63. The van der Waals surface area contributed by atoms with E-state index in [4.69, 9.17) is 0 Å². The molecule has 28 heavy (non-hydrogen) atoms. The Morgan fingerprint density at radius 3 is 2.25 bits per heavy atom. The van der Waals surface area contributed by atoms with Gasteiger partial charge >= 0.3 is 0 Å². The molecule has 0 aliphatic rings. The fourth-order valence-corrected chi connectivity index (χ4v) is 3.62. The summed E-state index contributed by atoms with van der Waals surface area (Å²) in [5.74, 6) is -0.231. The molecule has 154 valence electrons. The van der Waals surface area contributed by atoms with Crippen molar-refractivity contribution in [2.75, 3.05) is 17.8 Å². The van der Waals surface area contributed by atoms with Crippen LogP contribution in [0.5, 0.6) is 0 Å². The summed E-state index contributed by atoms with van der Waals surface area (Å²) < 4.78 is 27.7. The molecule has 0 saturated heterocycles. The lowest BCUT2D eigenvalue weighted by molar-refractivity contribution is 0.0950. The Morgan fingerprint density at radius 2 is 1.68 bits per heavy atom. The van der Waals surface area contributed by atoms with Crippen LogP contribution in [-0.4, -0.2) is 33.5 Å². The fraction of sp³-hybridized carbons (Fsp3) is 0.350. The predicted octanol–water partition coefficient (Wildman–Crippen LogP) is 3.25. The van der Waals surface area contributed by atoms with Crippen LogP contribution < -0.4 is 15.4 Å². The quantitative estimate of drug-likeness (QED) is 0.605. The zero-order valence-electron chi connectivity index (χ0n) is 16.6. The van der Waals surface area contributed by atoms with Gasteiger partial charge in [-0.2, -0.15) is 0 Å². The second-order valence-corrected chi connectivity index (χ2v) is 8.28. The minimum atomic E-state index is -3.71. The van der Waals surface area contributed by atoms with Gasteiger partial charge in [-0.3, -0.25) is 9.52 Å². The summed E-state index contributed by atoms with van der Waals surface area (Å²) in [5.41, 5.74) is 3.03. The van der Waals surface area contributed by atoms with Crippen LogP contribution in [0.3, 0.4) is 0 Å². The van der Waals surface area contributed by atoms with E-state index in [0.717, 1.165) is 17.7 Å². The number of hydrogen-bond donors (Lipinski definition) is 3. The number of rotatable bonds is 8. The summed E-state index contributed by atoms with van der Waals surface area (Å²) in [5, 5.41) is 6.04. The van der Waals surface area contributed by atoms with E-state index in [9.17, 15) is 13.2 Å². The van der Waals surface area contributed by atoms with Gasteiger partial charge in [-0.25, -0.2) is 8.42 Å². The van der Waals surface area contributed by atoms with Crippen LogP contribution in [0, 0.1) is 13.8 Å². The van der Waals surface area contributed by atoms with Gasteiger partial charge in [-0.1, -0.05) is 13.0 Å². The highest BCUT2D eigenvalue weighted by Gasteiger charge is 2.16. The maximum atomic E-state index is 12.5. The van der Waals surface area contributed by atoms with Gasteiger partial charge in [0.15, 0.2) is 0 Å². The largest absolute Gasteiger partial charge is 0.350 e. The molecule has 0 aliphatic heterocycles. The molecule has 3 N–H and O–H groups in total. The first-order valence-electron chi connectivity index (χ1n) is 8.94. The summed E-state index contributed by atoms with van der Waals surface area (Å²) >= 11 is 0. The standard InChI is InChI=1S/C20H27N3O3S.ClH/c1-5-21-16(4)13-22-20(24)17-7-10-19(11-8-17)27(25,26)23-18-9-6-14(2)15(3)12-18;/h6-12,16,21,23H,5,13H2,1-4H3,(H,22,24);1H/t16-;/m1./s1. The Hall–Kier alpha value is -2.09. The van der Waals surface area contributed by atoms with Crippen molar-refractivity contribution in [2.24, 2.45) is 0 Å². The highest BCUT2D eigenvalue weighted by Crippen LogP contribution is 2.19. The fourth-order valence-electron chi connectivity index (χ4n) is 2.57. The van der Waals surface area contributed by atoms with Gasteiger partial charge in [-0.05, 0) is 74.8 Å². The number of nitrogens with one attached hydrogen (secondary N) is 3. The number of carbonyl (C=O) groups excluding carboxylic acids is 1. The van der Waals surface area contributed by atoms with Crippen molar-refractivity contribution in [2.45, 2.75) is 38.6 Å².